The van der Waals surface area contributed by atoms with Gasteiger partial charge in [0.15, 0.2) is 5.76 Å². The number of methoxy groups -OCH3 is 1. The van der Waals surface area contributed by atoms with Gasteiger partial charge in [0.25, 0.3) is 5.91 Å². The summed E-state index contributed by atoms with van der Waals surface area (Å²) in [5.74, 6) is 0.229. The van der Waals surface area contributed by atoms with Crippen molar-refractivity contribution in [2.24, 2.45) is 0 Å². The third-order valence-corrected chi connectivity index (χ3v) is 3.90. The molecule has 1 aromatic carbocycles. The standard InChI is InChI=1S/C17H19ClN2O4/c1-11-9-14(16(23-3)10-13(11)18)20(12(2)21)7-6-19-17(22)15-5-4-8-24-15/h4-5,8-10H,6-7H2,1-3H3,(H,19,22). The Morgan fingerprint density at radius 2 is 2.12 bits per heavy atom. The number of benzene rings is 1. The summed E-state index contributed by atoms with van der Waals surface area (Å²) < 4.78 is 10.3. The molecule has 7 heteroatoms. The molecule has 0 spiro atoms. The first kappa shape index (κ1) is 17.9. The van der Waals surface area contributed by atoms with Crippen molar-refractivity contribution in [2.75, 3.05) is 25.1 Å². The van der Waals surface area contributed by atoms with Gasteiger partial charge in [0.2, 0.25) is 5.91 Å². The van der Waals surface area contributed by atoms with E-state index in [1.807, 2.05) is 6.92 Å². The topological polar surface area (TPSA) is 71.8 Å². The van der Waals surface area contributed by atoms with E-state index in [2.05, 4.69) is 5.32 Å². The lowest BCUT2D eigenvalue weighted by molar-refractivity contribution is -0.116. The van der Waals surface area contributed by atoms with Crippen molar-refractivity contribution >= 4 is 29.1 Å². The SMILES string of the molecule is COc1cc(Cl)c(C)cc1N(CCNC(=O)c1ccco1)C(C)=O. The minimum atomic E-state index is -0.331. The number of amides is 2. The van der Waals surface area contributed by atoms with Gasteiger partial charge in [-0.2, -0.15) is 0 Å². The van der Waals surface area contributed by atoms with Crippen molar-refractivity contribution in [3.63, 3.8) is 0 Å². The summed E-state index contributed by atoms with van der Waals surface area (Å²) in [5, 5.41) is 3.27. The van der Waals surface area contributed by atoms with Gasteiger partial charge < -0.3 is 19.4 Å². The Labute approximate surface area is 145 Å². The zero-order chi connectivity index (χ0) is 17.7. The van der Waals surface area contributed by atoms with Gasteiger partial charge in [-0.05, 0) is 30.7 Å². The fourth-order valence-corrected chi connectivity index (χ4v) is 2.40. The second kappa shape index (κ2) is 7.88. The number of carbonyl (C=O) groups excluding carboxylic acids is 2. The second-order valence-corrected chi connectivity index (χ2v) is 5.58. The third-order valence-electron chi connectivity index (χ3n) is 3.50. The zero-order valence-corrected chi connectivity index (χ0v) is 14.5. The van der Waals surface area contributed by atoms with E-state index in [0.29, 0.717) is 23.0 Å². The Balaban J connectivity index is 2.11. The average molecular weight is 351 g/mol. The molecule has 0 unspecified atom stereocenters. The van der Waals surface area contributed by atoms with Gasteiger partial charge in [0.1, 0.15) is 5.75 Å². The van der Waals surface area contributed by atoms with Crippen LogP contribution in [0, 0.1) is 6.92 Å². The van der Waals surface area contributed by atoms with Gasteiger partial charge in [-0.3, -0.25) is 9.59 Å². The van der Waals surface area contributed by atoms with Crippen LogP contribution in [-0.4, -0.2) is 32.0 Å². The Morgan fingerprint density at radius 3 is 2.71 bits per heavy atom. The van der Waals surface area contributed by atoms with Crippen LogP contribution < -0.4 is 15.0 Å². The molecule has 2 amide bonds. The normalized spacial score (nSPS) is 10.3. The number of halogens is 1. The smallest absolute Gasteiger partial charge is 0.287 e. The van der Waals surface area contributed by atoms with Crippen molar-refractivity contribution in [3.8, 4) is 5.75 Å². The van der Waals surface area contributed by atoms with Crippen LogP contribution in [0.2, 0.25) is 5.02 Å². The number of nitrogens with zero attached hydrogens (tertiary/aromatic N) is 1. The van der Waals surface area contributed by atoms with Crippen LogP contribution in [0.4, 0.5) is 5.69 Å². The highest BCUT2D eigenvalue weighted by atomic mass is 35.5. The number of aryl methyl sites for hydroxylation is 1. The van der Waals surface area contributed by atoms with Gasteiger partial charge >= 0.3 is 0 Å². The summed E-state index contributed by atoms with van der Waals surface area (Å²) in [6.45, 7) is 3.86. The average Bonchev–Trinajstić information content (AvgIpc) is 3.08. The Bertz CT molecular complexity index is 728. The molecule has 1 N–H and O–H groups in total. The zero-order valence-electron chi connectivity index (χ0n) is 13.8. The maximum absolute atomic E-state index is 12.0. The molecule has 0 aliphatic rings. The van der Waals surface area contributed by atoms with Crippen LogP contribution in [-0.2, 0) is 4.79 Å². The van der Waals surface area contributed by atoms with Crippen LogP contribution in [0.3, 0.4) is 0 Å². The summed E-state index contributed by atoms with van der Waals surface area (Å²) in [4.78, 5) is 25.4. The van der Waals surface area contributed by atoms with Gasteiger partial charge in [0, 0.05) is 31.1 Å². The summed E-state index contributed by atoms with van der Waals surface area (Å²) in [5.41, 5.74) is 1.44. The van der Waals surface area contributed by atoms with Crippen molar-refractivity contribution in [3.05, 3.63) is 46.9 Å². The molecular formula is C17H19ClN2O4. The van der Waals surface area contributed by atoms with E-state index in [4.69, 9.17) is 20.8 Å². The molecule has 2 rings (SSSR count). The van der Waals surface area contributed by atoms with E-state index in [9.17, 15) is 9.59 Å². The first-order valence-electron chi connectivity index (χ1n) is 7.38. The lowest BCUT2D eigenvalue weighted by Crippen LogP contribution is -2.37. The summed E-state index contributed by atoms with van der Waals surface area (Å²) in [6.07, 6.45) is 1.43. The number of anilines is 1. The molecule has 1 heterocycles. The van der Waals surface area contributed by atoms with Crippen LogP contribution in [0.15, 0.2) is 34.9 Å². The number of furan rings is 1. The maximum Gasteiger partial charge on any atom is 0.287 e. The molecule has 1 aromatic heterocycles. The van der Waals surface area contributed by atoms with Crippen molar-refractivity contribution in [2.45, 2.75) is 13.8 Å². The number of carbonyl (C=O) groups is 2. The van der Waals surface area contributed by atoms with Crippen molar-refractivity contribution < 1.29 is 18.7 Å². The summed E-state index contributed by atoms with van der Waals surface area (Å²) in [6, 6.07) is 6.67. The number of nitrogens with one attached hydrogen (secondary N) is 1. The Hall–Kier alpha value is -2.47. The molecule has 2 aromatic rings. The monoisotopic (exact) mass is 350 g/mol. The minimum Gasteiger partial charge on any atom is -0.495 e. The molecule has 128 valence electrons. The molecule has 6 nitrogen and oxygen atoms in total. The molecule has 24 heavy (non-hydrogen) atoms. The molecular weight excluding hydrogens is 332 g/mol. The number of hydrogen-bond acceptors (Lipinski definition) is 4. The van der Waals surface area contributed by atoms with Crippen LogP contribution in [0.25, 0.3) is 0 Å². The Kier molecular flexibility index (Phi) is 5.87. The van der Waals surface area contributed by atoms with Gasteiger partial charge in [-0.1, -0.05) is 11.6 Å². The molecule has 0 aliphatic carbocycles. The fourth-order valence-electron chi connectivity index (χ4n) is 2.25. The summed E-state index contributed by atoms with van der Waals surface area (Å²) >= 11 is 6.10. The van der Waals surface area contributed by atoms with Gasteiger partial charge in [-0.25, -0.2) is 0 Å². The number of ether oxygens (including phenoxy) is 1. The van der Waals surface area contributed by atoms with E-state index < -0.39 is 0 Å². The fraction of sp³-hybridized carbons (Fsp3) is 0.294. The highest BCUT2D eigenvalue weighted by Gasteiger charge is 2.18. The van der Waals surface area contributed by atoms with E-state index in [0.717, 1.165) is 5.56 Å². The van der Waals surface area contributed by atoms with Crippen LogP contribution in [0.1, 0.15) is 23.0 Å². The van der Waals surface area contributed by atoms with Gasteiger partial charge in [-0.15, -0.1) is 0 Å². The number of rotatable bonds is 6. The first-order valence-corrected chi connectivity index (χ1v) is 7.75. The third kappa shape index (κ3) is 4.08. The van der Waals surface area contributed by atoms with E-state index in [1.54, 1.807) is 24.3 Å². The quantitative estimate of drug-likeness (QED) is 0.869. The lowest BCUT2D eigenvalue weighted by atomic mass is 10.2. The summed E-state index contributed by atoms with van der Waals surface area (Å²) in [7, 11) is 1.52. The lowest BCUT2D eigenvalue weighted by Gasteiger charge is -2.24. The molecule has 0 fully saturated rings. The molecule has 0 saturated heterocycles. The van der Waals surface area contributed by atoms with Crippen LogP contribution >= 0.6 is 11.6 Å². The highest BCUT2D eigenvalue weighted by Crippen LogP contribution is 2.33. The molecule has 0 bridgehead atoms. The maximum atomic E-state index is 12.0. The van der Waals surface area contributed by atoms with Gasteiger partial charge in [0.05, 0.1) is 19.1 Å². The second-order valence-electron chi connectivity index (χ2n) is 5.18. The first-order chi connectivity index (χ1) is 11.4. The largest absolute Gasteiger partial charge is 0.495 e. The molecule has 0 atom stereocenters. The molecule has 0 radical (unpaired) electrons. The molecule has 0 saturated carbocycles. The van der Waals surface area contributed by atoms with E-state index in [-0.39, 0.29) is 24.1 Å². The Morgan fingerprint density at radius 1 is 1.38 bits per heavy atom. The minimum absolute atomic E-state index is 0.165. The van der Waals surface area contributed by atoms with Crippen LogP contribution in [0.5, 0.6) is 5.75 Å². The predicted octanol–water partition coefficient (Wildman–Crippen LogP) is 3.03. The highest BCUT2D eigenvalue weighted by molar-refractivity contribution is 6.31. The number of hydrogen-bond donors (Lipinski definition) is 1. The van der Waals surface area contributed by atoms with E-state index in [1.165, 1.54) is 25.2 Å². The van der Waals surface area contributed by atoms with Crippen molar-refractivity contribution in [1.82, 2.24) is 5.32 Å². The predicted molar refractivity (Wildman–Crippen MR) is 91.8 cm³/mol. The molecule has 0 aliphatic heterocycles. The van der Waals surface area contributed by atoms with Crippen molar-refractivity contribution in [1.29, 1.82) is 0 Å². The van der Waals surface area contributed by atoms with E-state index >= 15 is 0 Å².